The molecule has 2 nitrogen and oxygen atoms in total. The summed E-state index contributed by atoms with van der Waals surface area (Å²) in [6.45, 7) is 0.239. The van der Waals surface area contributed by atoms with Crippen LogP contribution < -0.4 is 10.5 Å². The predicted octanol–water partition coefficient (Wildman–Crippen LogP) is 3.13. The highest BCUT2D eigenvalue weighted by molar-refractivity contribution is 5.39. The summed E-state index contributed by atoms with van der Waals surface area (Å²) in [5, 5.41) is 0. The van der Waals surface area contributed by atoms with Crippen molar-refractivity contribution >= 4 is 5.69 Å². The van der Waals surface area contributed by atoms with E-state index >= 15 is 0 Å². The van der Waals surface area contributed by atoms with Crippen LogP contribution in [0.25, 0.3) is 0 Å². The molecule has 4 heteroatoms. The summed E-state index contributed by atoms with van der Waals surface area (Å²) >= 11 is 0. The largest absolute Gasteiger partial charge is 0.489 e. The van der Waals surface area contributed by atoms with Crippen LogP contribution in [0.3, 0.4) is 0 Å². The van der Waals surface area contributed by atoms with Crippen molar-refractivity contribution in [1.82, 2.24) is 0 Å². The molecule has 2 rings (SSSR count). The number of anilines is 1. The fourth-order valence-corrected chi connectivity index (χ4v) is 1.39. The first-order valence-corrected chi connectivity index (χ1v) is 5.07. The van der Waals surface area contributed by atoms with Crippen LogP contribution in [0, 0.1) is 11.6 Å². The summed E-state index contributed by atoms with van der Waals surface area (Å²) in [4.78, 5) is 0. The van der Waals surface area contributed by atoms with Crippen LogP contribution in [0.2, 0.25) is 0 Å². The second-order valence-electron chi connectivity index (χ2n) is 3.64. The van der Waals surface area contributed by atoms with E-state index in [1.807, 2.05) is 0 Å². The summed E-state index contributed by atoms with van der Waals surface area (Å²) < 4.78 is 31.0. The fourth-order valence-electron chi connectivity index (χ4n) is 1.39. The lowest BCUT2D eigenvalue weighted by atomic mass is 10.2. The minimum absolute atomic E-state index is 0.166. The van der Waals surface area contributed by atoms with Gasteiger partial charge in [-0.2, -0.15) is 0 Å². The zero-order valence-electron chi connectivity index (χ0n) is 8.99. The first-order valence-electron chi connectivity index (χ1n) is 5.07. The van der Waals surface area contributed by atoms with Gasteiger partial charge in [-0.15, -0.1) is 0 Å². The van der Waals surface area contributed by atoms with Gasteiger partial charge in [0.15, 0.2) is 0 Å². The molecule has 88 valence electrons. The van der Waals surface area contributed by atoms with E-state index in [0.29, 0.717) is 5.69 Å². The maximum absolute atomic E-state index is 12.9. The number of ether oxygens (including phenoxy) is 1. The second kappa shape index (κ2) is 4.82. The third-order valence-corrected chi connectivity index (χ3v) is 2.22. The molecule has 0 amide bonds. The molecule has 0 saturated carbocycles. The average molecular weight is 235 g/mol. The summed E-state index contributed by atoms with van der Waals surface area (Å²) in [7, 11) is 0. The van der Waals surface area contributed by atoms with Gasteiger partial charge in [-0.3, -0.25) is 0 Å². The molecule has 0 spiro atoms. The van der Waals surface area contributed by atoms with Crippen LogP contribution in [0.15, 0.2) is 42.5 Å². The Hall–Kier alpha value is -2.10. The highest BCUT2D eigenvalue weighted by Crippen LogP contribution is 2.17. The van der Waals surface area contributed by atoms with E-state index in [1.165, 1.54) is 0 Å². The molecule has 0 heterocycles. The smallest absolute Gasteiger partial charge is 0.129 e. The summed E-state index contributed by atoms with van der Waals surface area (Å²) in [6, 6.07) is 10.2. The van der Waals surface area contributed by atoms with Crippen LogP contribution in [0.4, 0.5) is 14.5 Å². The van der Waals surface area contributed by atoms with E-state index in [2.05, 4.69) is 0 Å². The number of halogens is 2. The summed E-state index contributed by atoms with van der Waals surface area (Å²) in [6.07, 6.45) is 0. The average Bonchev–Trinajstić information content (AvgIpc) is 2.27. The first kappa shape index (κ1) is 11.4. The Morgan fingerprint density at radius 1 is 0.941 bits per heavy atom. The van der Waals surface area contributed by atoms with Gasteiger partial charge in [-0.1, -0.05) is 12.1 Å². The van der Waals surface area contributed by atoms with Crippen LogP contribution in [0.1, 0.15) is 5.56 Å². The van der Waals surface area contributed by atoms with Crippen molar-refractivity contribution < 1.29 is 13.5 Å². The normalized spacial score (nSPS) is 10.2. The third kappa shape index (κ3) is 3.17. The van der Waals surface area contributed by atoms with Gasteiger partial charge in [-0.25, -0.2) is 8.78 Å². The Kier molecular flexibility index (Phi) is 3.23. The van der Waals surface area contributed by atoms with Crippen LogP contribution in [0.5, 0.6) is 5.75 Å². The molecule has 0 fully saturated rings. The number of rotatable bonds is 3. The van der Waals surface area contributed by atoms with Gasteiger partial charge < -0.3 is 10.5 Å². The Morgan fingerprint density at radius 2 is 1.53 bits per heavy atom. The number of hydrogen-bond donors (Lipinski definition) is 1. The molecule has 2 N–H and O–H groups in total. The molecule has 0 atom stereocenters. The molecule has 2 aromatic carbocycles. The molecule has 0 aromatic heterocycles. The molecule has 0 aliphatic rings. The van der Waals surface area contributed by atoms with Crippen molar-refractivity contribution in [3.63, 3.8) is 0 Å². The minimum atomic E-state index is -0.655. The number of nitrogens with two attached hydrogens (primary N) is 1. The van der Waals surface area contributed by atoms with E-state index in [-0.39, 0.29) is 12.4 Å². The maximum Gasteiger partial charge on any atom is 0.129 e. The molecule has 0 aliphatic carbocycles. The van der Waals surface area contributed by atoms with Gasteiger partial charge in [-0.05, 0) is 17.7 Å². The van der Waals surface area contributed by atoms with Gasteiger partial charge in [0.2, 0.25) is 0 Å². The monoisotopic (exact) mass is 235 g/mol. The van der Waals surface area contributed by atoms with Gasteiger partial charge in [0.1, 0.15) is 24.0 Å². The summed E-state index contributed by atoms with van der Waals surface area (Å²) in [5.74, 6) is -1.14. The van der Waals surface area contributed by atoms with Crippen molar-refractivity contribution in [2.45, 2.75) is 6.61 Å². The molecule has 0 radical (unpaired) electrons. The molecule has 2 aromatic rings. The van der Waals surface area contributed by atoms with Gasteiger partial charge >= 0.3 is 0 Å². The fraction of sp³-hybridized carbons (Fsp3) is 0.0769. The quantitative estimate of drug-likeness (QED) is 0.829. The van der Waals surface area contributed by atoms with Crippen LogP contribution in [-0.4, -0.2) is 0 Å². The molecule has 0 saturated heterocycles. The highest BCUT2D eigenvalue weighted by atomic mass is 19.1. The first-order chi connectivity index (χ1) is 8.13. The Labute approximate surface area is 97.6 Å². The molecule has 0 unspecified atom stereocenters. The highest BCUT2D eigenvalue weighted by Gasteiger charge is 2.01. The van der Waals surface area contributed by atoms with Crippen molar-refractivity contribution in [3.05, 3.63) is 59.7 Å². The minimum Gasteiger partial charge on any atom is -0.489 e. The number of nitrogen functional groups attached to an aromatic ring is 1. The zero-order valence-corrected chi connectivity index (χ0v) is 8.99. The lowest BCUT2D eigenvalue weighted by Crippen LogP contribution is -1.96. The molecular formula is C13H11F2NO. The SMILES string of the molecule is Nc1ccc(COc2cc(F)cc(F)c2)cc1. The van der Waals surface area contributed by atoms with E-state index in [4.69, 9.17) is 10.5 Å². The lowest BCUT2D eigenvalue weighted by Gasteiger charge is -2.06. The zero-order chi connectivity index (χ0) is 12.3. The predicted molar refractivity (Wildman–Crippen MR) is 61.5 cm³/mol. The third-order valence-electron chi connectivity index (χ3n) is 2.22. The Morgan fingerprint density at radius 3 is 2.12 bits per heavy atom. The van der Waals surface area contributed by atoms with Crippen molar-refractivity contribution in [1.29, 1.82) is 0 Å². The molecule has 17 heavy (non-hydrogen) atoms. The van der Waals surface area contributed by atoms with E-state index in [1.54, 1.807) is 24.3 Å². The lowest BCUT2D eigenvalue weighted by molar-refractivity contribution is 0.302. The Balaban J connectivity index is 2.04. The van der Waals surface area contributed by atoms with Gasteiger partial charge in [0.05, 0.1) is 0 Å². The molecular weight excluding hydrogens is 224 g/mol. The standard InChI is InChI=1S/C13H11F2NO/c14-10-5-11(15)7-13(6-10)17-8-9-1-3-12(16)4-2-9/h1-7H,8,16H2. The van der Waals surface area contributed by atoms with Gasteiger partial charge in [0, 0.05) is 23.9 Å². The van der Waals surface area contributed by atoms with E-state index < -0.39 is 11.6 Å². The van der Waals surface area contributed by atoms with Crippen LogP contribution in [-0.2, 0) is 6.61 Å². The van der Waals surface area contributed by atoms with Crippen molar-refractivity contribution in [3.8, 4) is 5.75 Å². The van der Waals surface area contributed by atoms with E-state index in [0.717, 1.165) is 23.8 Å². The molecule has 0 bridgehead atoms. The van der Waals surface area contributed by atoms with Crippen molar-refractivity contribution in [2.75, 3.05) is 5.73 Å². The number of hydrogen-bond acceptors (Lipinski definition) is 2. The summed E-state index contributed by atoms with van der Waals surface area (Å²) in [5.41, 5.74) is 7.07. The van der Waals surface area contributed by atoms with E-state index in [9.17, 15) is 8.78 Å². The van der Waals surface area contributed by atoms with Crippen LogP contribution >= 0.6 is 0 Å². The molecule has 0 aliphatic heterocycles. The van der Waals surface area contributed by atoms with Crippen molar-refractivity contribution in [2.24, 2.45) is 0 Å². The Bertz CT molecular complexity index is 491. The van der Waals surface area contributed by atoms with Gasteiger partial charge in [0.25, 0.3) is 0 Å². The number of benzene rings is 2. The maximum atomic E-state index is 12.9. The topological polar surface area (TPSA) is 35.2 Å². The second-order valence-corrected chi connectivity index (χ2v) is 3.64.